The molecule has 0 aliphatic carbocycles. The maximum absolute atomic E-state index is 13.6. The van der Waals surface area contributed by atoms with E-state index >= 15 is 0 Å². The van der Waals surface area contributed by atoms with Gasteiger partial charge in [0.05, 0.1) is 18.1 Å². The maximum atomic E-state index is 13.6. The Balaban J connectivity index is 1.69. The van der Waals surface area contributed by atoms with Crippen LogP contribution in [0.5, 0.6) is 11.5 Å². The summed E-state index contributed by atoms with van der Waals surface area (Å²) in [6.45, 7) is -0.210. The molecule has 1 N–H and O–H groups in total. The fourth-order valence-electron chi connectivity index (χ4n) is 2.40. The fraction of sp³-hybridized carbons (Fsp3) is 0.105. The van der Waals surface area contributed by atoms with Crippen molar-refractivity contribution in [2.45, 2.75) is 6.61 Å². The number of ether oxygens (including phenoxy) is 2. The van der Waals surface area contributed by atoms with Crippen LogP contribution in [0, 0.1) is 21.7 Å². The standard InChI is InChI=1S/C19H14F2N2O6/c1-27-12-3-5-15(16(9-12)23(25)26)22-19(24)18-7-4-13(29-18)10-28-17-6-2-11(20)8-14(17)21/h2-9H,10H2,1H3,(H,22,24). The smallest absolute Gasteiger partial charge is 0.296 e. The molecule has 0 aliphatic rings. The van der Waals surface area contributed by atoms with E-state index in [-0.39, 0.29) is 41.0 Å². The Labute approximate surface area is 162 Å². The first kappa shape index (κ1) is 19.8. The van der Waals surface area contributed by atoms with E-state index in [0.717, 1.165) is 12.1 Å². The number of methoxy groups -OCH3 is 1. The highest BCUT2D eigenvalue weighted by molar-refractivity contribution is 6.03. The Hall–Kier alpha value is -3.95. The second-order valence-corrected chi connectivity index (χ2v) is 5.72. The Bertz CT molecular complexity index is 1070. The molecule has 0 aliphatic heterocycles. The molecule has 3 rings (SSSR count). The van der Waals surface area contributed by atoms with Gasteiger partial charge in [-0.1, -0.05) is 0 Å². The minimum atomic E-state index is -0.874. The van der Waals surface area contributed by atoms with Crippen LogP contribution in [-0.4, -0.2) is 17.9 Å². The monoisotopic (exact) mass is 404 g/mol. The van der Waals surface area contributed by atoms with Crippen molar-refractivity contribution < 1.29 is 32.4 Å². The summed E-state index contributed by atoms with van der Waals surface area (Å²) in [4.78, 5) is 22.9. The van der Waals surface area contributed by atoms with E-state index in [9.17, 15) is 23.7 Å². The van der Waals surface area contributed by atoms with Gasteiger partial charge in [-0.05, 0) is 36.4 Å². The molecule has 0 fully saturated rings. The van der Waals surface area contributed by atoms with Crippen LogP contribution in [0.1, 0.15) is 16.3 Å². The SMILES string of the molecule is COc1ccc(NC(=O)c2ccc(COc3ccc(F)cc3F)o2)c([N+](=O)[O-])c1. The van der Waals surface area contributed by atoms with Crippen LogP contribution in [0.25, 0.3) is 0 Å². The zero-order valence-electron chi connectivity index (χ0n) is 15.0. The van der Waals surface area contributed by atoms with Gasteiger partial charge in [-0.3, -0.25) is 14.9 Å². The molecule has 0 radical (unpaired) electrons. The molecule has 0 bridgehead atoms. The summed E-state index contributed by atoms with van der Waals surface area (Å²) in [5.74, 6) is -2.18. The van der Waals surface area contributed by atoms with Gasteiger partial charge in [0.2, 0.25) is 0 Å². The molecule has 0 saturated carbocycles. The molecule has 0 atom stereocenters. The number of rotatable bonds is 7. The van der Waals surface area contributed by atoms with Gasteiger partial charge in [0.1, 0.15) is 29.6 Å². The Morgan fingerprint density at radius 3 is 2.66 bits per heavy atom. The van der Waals surface area contributed by atoms with Crippen LogP contribution < -0.4 is 14.8 Å². The minimum Gasteiger partial charge on any atom is -0.496 e. The van der Waals surface area contributed by atoms with E-state index in [2.05, 4.69) is 5.32 Å². The molecule has 0 unspecified atom stereocenters. The van der Waals surface area contributed by atoms with Crippen LogP contribution in [-0.2, 0) is 6.61 Å². The number of hydrogen-bond donors (Lipinski definition) is 1. The second-order valence-electron chi connectivity index (χ2n) is 5.72. The second kappa shape index (κ2) is 8.38. The van der Waals surface area contributed by atoms with Gasteiger partial charge in [0.15, 0.2) is 17.3 Å². The zero-order chi connectivity index (χ0) is 21.0. The number of carbonyl (C=O) groups is 1. The average molecular weight is 404 g/mol. The summed E-state index contributed by atoms with van der Waals surface area (Å²) in [6.07, 6.45) is 0. The lowest BCUT2D eigenvalue weighted by molar-refractivity contribution is -0.384. The lowest BCUT2D eigenvalue weighted by Crippen LogP contribution is -2.12. The fourth-order valence-corrected chi connectivity index (χ4v) is 2.40. The predicted molar refractivity (Wildman–Crippen MR) is 97.0 cm³/mol. The summed E-state index contributed by atoms with van der Waals surface area (Å²) < 4.78 is 41.9. The van der Waals surface area contributed by atoms with Gasteiger partial charge in [-0.15, -0.1) is 0 Å². The van der Waals surface area contributed by atoms with Crippen molar-refractivity contribution in [1.29, 1.82) is 0 Å². The summed E-state index contributed by atoms with van der Waals surface area (Å²) in [5, 5.41) is 13.6. The maximum Gasteiger partial charge on any atom is 0.296 e. The summed E-state index contributed by atoms with van der Waals surface area (Å²) in [6, 6.07) is 9.58. The minimum absolute atomic E-state index is 0.0385. The molecule has 0 spiro atoms. The molecule has 10 heteroatoms. The van der Waals surface area contributed by atoms with Crippen molar-refractivity contribution in [3.8, 4) is 11.5 Å². The molecule has 150 valence electrons. The number of halogens is 2. The van der Waals surface area contributed by atoms with E-state index in [1.807, 2.05) is 0 Å². The topological polar surface area (TPSA) is 104 Å². The van der Waals surface area contributed by atoms with Crippen molar-refractivity contribution in [2.24, 2.45) is 0 Å². The van der Waals surface area contributed by atoms with Gasteiger partial charge in [0, 0.05) is 6.07 Å². The van der Waals surface area contributed by atoms with E-state index in [1.54, 1.807) is 0 Å². The average Bonchev–Trinajstić information content (AvgIpc) is 3.16. The summed E-state index contributed by atoms with van der Waals surface area (Å²) >= 11 is 0. The van der Waals surface area contributed by atoms with Gasteiger partial charge < -0.3 is 19.2 Å². The van der Waals surface area contributed by atoms with E-state index in [1.165, 1.54) is 37.4 Å². The molecule has 3 aromatic rings. The molecule has 1 aromatic heterocycles. The number of nitro groups is 1. The van der Waals surface area contributed by atoms with Crippen molar-refractivity contribution in [3.63, 3.8) is 0 Å². The van der Waals surface area contributed by atoms with Crippen molar-refractivity contribution >= 4 is 17.3 Å². The van der Waals surface area contributed by atoms with E-state index in [0.29, 0.717) is 6.07 Å². The Kier molecular flexibility index (Phi) is 5.72. The third-order valence-electron chi connectivity index (χ3n) is 3.80. The lowest BCUT2D eigenvalue weighted by Gasteiger charge is -2.07. The first-order valence-corrected chi connectivity index (χ1v) is 8.17. The highest BCUT2D eigenvalue weighted by Gasteiger charge is 2.20. The third-order valence-corrected chi connectivity index (χ3v) is 3.80. The van der Waals surface area contributed by atoms with Gasteiger partial charge in [-0.25, -0.2) is 8.78 Å². The first-order chi connectivity index (χ1) is 13.9. The Morgan fingerprint density at radius 2 is 1.97 bits per heavy atom. The van der Waals surface area contributed by atoms with E-state index in [4.69, 9.17) is 13.9 Å². The van der Waals surface area contributed by atoms with Crippen LogP contribution >= 0.6 is 0 Å². The van der Waals surface area contributed by atoms with E-state index < -0.39 is 22.5 Å². The van der Waals surface area contributed by atoms with Gasteiger partial charge >= 0.3 is 0 Å². The Morgan fingerprint density at radius 1 is 1.17 bits per heavy atom. The van der Waals surface area contributed by atoms with Crippen molar-refractivity contribution in [2.75, 3.05) is 12.4 Å². The predicted octanol–water partition coefficient (Wildman–Crippen LogP) is 4.31. The van der Waals surface area contributed by atoms with Crippen molar-refractivity contribution in [1.82, 2.24) is 0 Å². The molecule has 8 nitrogen and oxygen atoms in total. The van der Waals surface area contributed by atoms with Crippen molar-refractivity contribution in [3.05, 3.63) is 81.8 Å². The number of nitrogens with one attached hydrogen (secondary N) is 1. The number of anilines is 1. The quantitative estimate of drug-likeness (QED) is 0.465. The number of nitrogens with zero attached hydrogens (tertiary/aromatic N) is 1. The molecule has 1 amide bonds. The third kappa shape index (κ3) is 4.67. The van der Waals surface area contributed by atoms with Crippen LogP contribution in [0.4, 0.5) is 20.2 Å². The number of benzene rings is 2. The first-order valence-electron chi connectivity index (χ1n) is 8.17. The van der Waals surface area contributed by atoms with Crippen LogP contribution in [0.2, 0.25) is 0 Å². The lowest BCUT2D eigenvalue weighted by atomic mass is 10.2. The van der Waals surface area contributed by atoms with Crippen LogP contribution in [0.15, 0.2) is 52.9 Å². The largest absolute Gasteiger partial charge is 0.496 e. The number of nitro benzene ring substituents is 1. The molecule has 1 heterocycles. The highest BCUT2D eigenvalue weighted by atomic mass is 19.1. The summed E-state index contributed by atoms with van der Waals surface area (Å²) in [5.41, 5.74) is -0.386. The number of furan rings is 1. The molecule has 2 aromatic carbocycles. The number of amides is 1. The number of hydrogen-bond acceptors (Lipinski definition) is 6. The zero-order valence-corrected chi connectivity index (χ0v) is 15.0. The highest BCUT2D eigenvalue weighted by Crippen LogP contribution is 2.29. The molecular weight excluding hydrogens is 390 g/mol. The summed E-state index contributed by atoms with van der Waals surface area (Å²) in [7, 11) is 1.36. The van der Waals surface area contributed by atoms with Gasteiger partial charge in [0.25, 0.3) is 11.6 Å². The van der Waals surface area contributed by atoms with Gasteiger partial charge in [-0.2, -0.15) is 0 Å². The molecule has 0 saturated heterocycles. The molecular formula is C19H14F2N2O6. The normalized spacial score (nSPS) is 10.4. The number of carbonyl (C=O) groups excluding carboxylic acids is 1. The van der Waals surface area contributed by atoms with Crippen LogP contribution in [0.3, 0.4) is 0 Å². The molecule has 29 heavy (non-hydrogen) atoms.